The van der Waals surface area contributed by atoms with Crippen molar-refractivity contribution in [3.05, 3.63) is 22.7 Å². The van der Waals surface area contributed by atoms with Crippen LogP contribution >= 0.6 is 11.6 Å². The molecule has 0 atom stereocenters. The highest BCUT2D eigenvalue weighted by molar-refractivity contribution is 6.32. The van der Waals surface area contributed by atoms with E-state index in [1.807, 2.05) is 12.1 Å². The quantitative estimate of drug-likeness (QED) is 0.832. The van der Waals surface area contributed by atoms with E-state index in [9.17, 15) is 0 Å². The van der Waals surface area contributed by atoms with Crippen LogP contribution in [0.2, 0.25) is 5.02 Å². The summed E-state index contributed by atoms with van der Waals surface area (Å²) in [6.45, 7) is 3.09. The molecule has 0 unspecified atom stereocenters. The molecule has 0 bridgehead atoms. The predicted molar refractivity (Wildman–Crippen MR) is 71.5 cm³/mol. The SMILES string of the molecule is Clc1cc(CNCCC2CC2)cc2c1OCCO2. The Morgan fingerprint density at radius 3 is 2.89 bits per heavy atom. The first kappa shape index (κ1) is 12.1. The van der Waals surface area contributed by atoms with Crippen molar-refractivity contribution in [3.8, 4) is 11.5 Å². The maximum absolute atomic E-state index is 6.19. The fourth-order valence-corrected chi connectivity index (χ4v) is 2.50. The van der Waals surface area contributed by atoms with Crippen molar-refractivity contribution in [2.75, 3.05) is 19.8 Å². The molecule has 1 aromatic carbocycles. The minimum absolute atomic E-state index is 0.575. The van der Waals surface area contributed by atoms with E-state index in [0.717, 1.165) is 30.3 Å². The lowest BCUT2D eigenvalue weighted by Crippen LogP contribution is -2.18. The molecule has 3 nitrogen and oxygen atoms in total. The molecule has 1 heterocycles. The van der Waals surface area contributed by atoms with Crippen LogP contribution in [0.15, 0.2) is 12.1 Å². The van der Waals surface area contributed by atoms with Gasteiger partial charge in [0, 0.05) is 6.54 Å². The lowest BCUT2D eigenvalue weighted by molar-refractivity contribution is 0.171. The van der Waals surface area contributed by atoms with Crippen LogP contribution in [0.3, 0.4) is 0 Å². The minimum Gasteiger partial charge on any atom is -0.486 e. The first-order valence-corrected chi connectivity index (χ1v) is 6.99. The van der Waals surface area contributed by atoms with Crippen LogP contribution < -0.4 is 14.8 Å². The maximum atomic E-state index is 6.19. The van der Waals surface area contributed by atoms with Crippen molar-refractivity contribution < 1.29 is 9.47 Å². The average Bonchev–Trinajstić information content (AvgIpc) is 3.19. The van der Waals surface area contributed by atoms with Crippen LogP contribution in [-0.2, 0) is 6.54 Å². The Morgan fingerprint density at radius 1 is 1.22 bits per heavy atom. The Bertz CT molecular complexity index is 432. The molecule has 0 amide bonds. The molecule has 18 heavy (non-hydrogen) atoms. The molecule has 0 spiro atoms. The summed E-state index contributed by atoms with van der Waals surface area (Å²) >= 11 is 6.19. The molecule has 1 saturated carbocycles. The third kappa shape index (κ3) is 2.90. The minimum atomic E-state index is 0.575. The van der Waals surface area contributed by atoms with E-state index in [1.54, 1.807) is 0 Å². The average molecular weight is 268 g/mol. The number of hydrogen-bond donors (Lipinski definition) is 1. The fourth-order valence-electron chi connectivity index (χ4n) is 2.21. The van der Waals surface area contributed by atoms with E-state index in [-0.39, 0.29) is 0 Å². The van der Waals surface area contributed by atoms with Crippen molar-refractivity contribution in [1.82, 2.24) is 5.32 Å². The maximum Gasteiger partial charge on any atom is 0.179 e. The van der Waals surface area contributed by atoms with Gasteiger partial charge < -0.3 is 14.8 Å². The molecule has 4 heteroatoms. The van der Waals surface area contributed by atoms with Crippen LogP contribution in [0.4, 0.5) is 0 Å². The molecule has 98 valence electrons. The van der Waals surface area contributed by atoms with E-state index >= 15 is 0 Å². The number of nitrogens with one attached hydrogen (secondary N) is 1. The van der Waals surface area contributed by atoms with Gasteiger partial charge in [0.25, 0.3) is 0 Å². The Kier molecular flexibility index (Phi) is 3.62. The van der Waals surface area contributed by atoms with E-state index < -0.39 is 0 Å². The van der Waals surface area contributed by atoms with Crippen molar-refractivity contribution >= 4 is 11.6 Å². The van der Waals surface area contributed by atoms with Crippen molar-refractivity contribution in [2.24, 2.45) is 5.92 Å². The summed E-state index contributed by atoms with van der Waals surface area (Å²) in [5.74, 6) is 2.43. The molecule has 1 aromatic rings. The van der Waals surface area contributed by atoms with Crippen LogP contribution in [0, 0.1) is 5.92 Å². The highest BCUT2D eigenvalue weighted by Gasteiger charge is 2.20. The zero-order chi connectivity index (χ0) is 12.4. The topological polar surface area (TPSA) is 30.5 Å². The second-order valence-corrected chi connectivity index (χ2v) is 5.42. The molecule has 3 rings (SSSR count). The molecular weight excluding hydrogens is 250 g/mol. The zero-order valence-corrected chi connectivity index (χ0v) is 11.1. The van der Waals surface area contributed by atoms with Gasteiger partial charge in [0.15, 0.2) is 11.5 Å². The first-order valence-electron chi connectivity index (χ1n) is 6.61. The Labute approximate surface area is 112 Å². The molecule has 1 fully saturated rings. The lowest BCUT2D eigenvalue weighted by atomic mass is 10.2. The summed E-state index contributed by atoms with van der Waals surface area (Å²) in [5.41, 5.74) is 1.15. The molecule has 0 saturated heterocycles. The monoisotopic (exact) mass is 267 g/mol. The zero-order valence-electron chi connectivity index (χ0n) is 10.4. The molecule has 0 aromatic heterocycles. The molecule has 2 aliphatic rings. The van der Waals surface area contributed by atoms with Crippen LogP contribution in [0.25, 0.3) is 0 Å². The van der Waals surface area contributed by atoms with Gasteiger partial charge in [0.2, 0.25) is 0 Å². The van der Waals surface area contributed by atoms with Gasteiger partial charge in [-0.15, -0.1) is 0 Å². The number of halogens is 1. The highest BCUT2D eigenvalue weighted by atomic mass is 35.5. The smallest absolute Gasteiger partial charge is 0.179 e. The number of ether oxygens (including phenoxy) is 2. The van der Waals surface area contributed by atoms with E-state index in [0.29, 0.717) is 24.0 Å². The Morgan fingerprint density at radius 2 is 2.06 bits per heavy atom. The summed E-state index contributed by atoms with van der Waals surface area (Å²) in [5, 5.41) is 4.10. The standard InChI is InChI=1S/C14H18ClNO2/c15-12-7-11(9-16-4-3-10-1-2-10)8-13-14(12)18-6-5-17-13/h7-8,10,16H,1-6,9H2. The highest BCUT2D eigenvalue weighted by Crippen LogP contribution is 2.38. The van der Waals surface area contributed by atoms with Gasteiger partial charge in [-0.1, -0.05) is 24.4 Å². The summed E-state index contributed by atoms with van der Waals surface area (Å²) in [6, 6.07) is 3.98. The Balaban J connectivity index is 1.59. The van der Waals surface area contributed by atoms with E-state index in [2.05, 4.69) is 5.32 Å². The van der Waals surface area contributed by atoms with Gasteiger partial charge in [-0.05, 0) is 36.6 Å². The van der Waals surface area contributed by atoms with Crippen LogP contribution in [0.1, 0.15) is 24.8 Å². The first-order chi connectivity index (χ1) is 8.83. The van der Waals surface area contributed by atoms with Gasteiger partial charge in [0.1, 0.15) is 13.2 Å². The largest absolute Gasteiger partial charge is 0.486 e. The second-order valence-electron chi connectivity index (χ2n) is 5.01. The summed E-state index contributed by atoms with van der Waals surface area (Å²) < 4.78 is 11.1. The second kappa shape index (κ2) is 5.37. The summed E-state index contributed by atoms with van der Waals surface area (Å²) in [4.78, 5) is 0. The normalized spacial score (nSPS) is 17.8. The molecule has 0 radical (unpaired) electrons. The lowest BCUT2D eigenvalue weighted by Gasteiger charge is -2.20. The molecule has 1 N–H and O–H groups in total. The number of fused-ring (bicyclic) bond motifs is 1. The number of hydrogen-bond acceptors (Lipinski definition) is 3. The molecular formula is C14H18ClNO2. The number of benzene rings is 1. The van der Waals surface area contributed by atoms with E-state index in [1.165, 1.54) is 19.3 Å². The third-order valence-electron chi connectivity index (χ3n) is 3.41. The van der Waals surface area contributed by atoms with Crippen LogP contribution in [-0.4, -0.2) is 19.8 Å². The Hall–Kier alpha value is -0.930. The van der Waals surface area contributed by atoms with Gasteiger partial charge >= 0.3 is 0 Å². The number of rotatable bonds is 5. The van der Waals surface area contributed by atoms with Crippen LogP contribution in [0.5, 0.6) is 11.5 Å². The van der Waals surface area contributed by atoms with Crippen molar-refractivity contribution in [3.63, 3.8) is 0 Å². The summed E-state index contributed by atoms with van der Waals surface area (Å²) in [6.07, 6.45) is 4.12. The predicted octanol–water partition coefficient (Wildman–Crippen LogP) is 3.00. The molecule has 1 aliphatic carbocycles. The van der Waals surface area contributed by atoms with E-state index in [4.69, 9.17) is 21.1 Å². The van der Waals surface area contributed by atoms with Crippen molar-refractivity contribution in [2.45, 2.75) is 25.8 Å². The van der Waals surface area contributed by atoms with Gasteiger partial charge in [-0.2, -0.15) is 0 Å². The van der Waals surface area contributed by atoms with Gasteiger partial charge in [-0.3, -0.25) is 0 Å². The summed E-state index contributed by atoms with van der Waals surface area (Å²) in [7, 11) is 0. The van der Waals surface area contributed by atoms with Gasteiger partial charge in [-0.25, -0.2) is 0 Å². The fraction of sp³-hybridized carbons (Fsp3) is 0.571. The van der Waals surface area contributed by atoms with Gasteiger partial charge in [0.05, 0.1) is 5.02 Å². The third-order valence-corrected chi connectivity index (χ3v) is 3.69. The molecule has 1 aliphatic heterocycles. The van der Waals surface area contributed by atoms with Crippen molar-refractivity contribution in [1.29, 1.82) is 0 Å².